The SMILES string of the molecule is O=[S@@]1CCCc2nc(N3CCC(c4ncc5c(n4)CC5)CC3)nc(NC3(CO)CCC3)c21. The number of nitrogens with one attached hydrogen (secondary N) is 1. The summed E-state index contributed by atoms with van der Waals surface area (Å²) in [6.45, 7) is 1.79. The number of anilines is 2. The Morgan fingerprint density at radius 1 is 1.09 bits per heavy atom. The number of fused-ring (bicyclic) bond motifs is 2. The number of aliphatic hydroxyl groups excluding tert-OH is 1. The highest BCUT2D eigenvalue weighted by Gasteiger charge is 2.39. The Bertz CT molecular complexity index is 1060. The van der Waals surface area contributed by atoms with Gasteiger partial charge in [0.15, 0.2) is 0 Å². The van der Waals surface area contributed by atoms with E-state index in [1.807, 2.05) is 6.20 Å². The molecule has 0 unspecified atom stereocenters. The predicted molar refractivity (Wildman–Crippen MR) is 123 cm³/mol. The minimum atomic E-state index is -1.09. The topological polar surface area (TPSA) is 104 Å². The zero-order valence-corrected chi connectivity index (χ0v) is 19.2. The molecular weight excluding hydrogens is 424 g/mol. The van der Waals surface area contributed by atoms with E-state index in [0.717, 1.165) is 87.3 Å². The van der Waals surface area contributed by atoms with Crippen molar-refractivity contribution >= 4 is 22.6 Å². The third-order valence-corrected chi connectivity index (χ3v) is 9.18. The zero-order valence-electron chi connectivity index (χ0n) is 18.3. The van der Waals surface area contributed by atoms with Gasteiger partial charge in [-0.1, -0.05) is 0 Å². The molecule has 0 radical (unpaired) electrons. The van der Waals surface area contributed by atoms with Gasteiger partial charge in [-0.05, 0) is 63.4 Å². The summed E-state index contributed by atoms with van der Waals surface area (Å²) < 4.78 is 12.8. The molecule has 0 bridgehead atoms. The van der Waals surface area contributed by atoms with Gasteiger partial charge in [0.05, 0.1) is 28.6 Å². The van der Waals surface area contributed by atoms with Crippen LogP contribution in [0.25, 0.3) is 0 Å². The molecule has 0 amide bonds. The van der Waals surface area contributed by atoms with Crippen LogP contribution in [0.5, 0.6) is 0 Å². The van der Waals surface area contributed by atoms with Crippen LogP contribution in [0.2, 0.25) is 0 Å². The van der Waals surface area contributed by atoms with Crippen LogP contribution in [-0.4, -0.2) is 60.2 Å². The molecule has 2 aromatic rings. The van der Waals surface area contributed by atoms with E-state index in [1.54, 1.807) is 0 Å². The van der Waals surface area contributed by atoms with Gasteiger partial charge in [0, 0.05) is 36.7 Å². The predicted octanol–water partition coefficient (Wildman–Crippen LogP) is 2.13. The number of aromatic nitrogens is 4. The Kier molecular flexibility index (Phi) is 5.13. The first kappa shape index (κ1) is 20.5. The van der Waals surface area contributed by atoms with E-state index in [4.69, 9.17) is 15.0 Å². The number of hydrogen-bond acceptors (Lipinski definition) is 8. The van der Waals surface area contributed by atoms with Crippen molar-refractivity contribution in [2.24, 2.45) is 0 Å². The summed E-state index contributed by atoms with van der Waals surface area (Å²) in [5.74, 6) is 3.41. The molecule has 2 aliphatic carbocycles. The van der Waals surface area contributed by atoms with Crippen LogP contribution in [0.4, 0.5) is 11.8 Å². The fraction of sp³-hybridized carbons (Fsp3) is 0.652. The number of aryl methyl sites for hydroxylation is 3. The van der Waals surface area contributed by atoms with Gasteiger partial charge in [-0.3, -0.25) is 4.21 Å². The van der Waals surface area contributed by atoms with Gasteiger partial charge >= 0.3 is 0 Å². The molecule has 2 N–H and O–H groups in total. The average molecular weight is 455 g/mol. The van der Waals surface area contributed by atoms with E-state index < -0.39 is 10.8 Å². The second kappa shape index (κ2) is 8.02. The molecule has 0 aromatic carbocycles. The van der Waals surface area contributed by atoms with Crippen molar-refractivity contribution < 1.29 is 9.32 Å². The van der Waals surface area contributed by atoms with Gasteiger partial charge in [0.2, 0.25) is 5.95 Å². The van der Waals surface area contributed by atoms with Crippen LogP contribution < -0.4 is 10.2 Å². The fourth-order valence-corrected chi connectivity index (χ4v) is 6.60. The van der Waals surface area contributed by atoms with Crippen LogP contribution in [0.1, 0.15) is 67.2 Å². The minimum Gasteiger partial charge on any atom is -0.394 e. The van der Waals surface area contributed by atoms with E-state index in [-0.39, 0.29) is 12.1 Å². The lowest BCUT2D eigenvalue weighted by Crippen LogP contribution is -2.49. The monoisotopic (exact) mass is 454 g/mol. The van der Waals surface area contributed by atoms with E-state index in [1.165, 1.54) is 11.3 Å². The summed E-state index contributed by atoms with van der Waals surface area (Å²) in [7, 11) is -1.09. The third-order valence-electron chi connectivity index (χ3n) is 7.64. The normalized spacial score (nSPS) is 24.2. The number of piperidine rings is 1. The van der Waals surface area contributed by atoms with Gasteiger partial charge in [-0.25, -0.2) is 15.0 Å². The highest BCUT2D eigenvalue weighted by Crippen LogP contribution is 2.38. The quantitative estimate of drug-likeness (QED) is 0.708. The lowest BCUT2D eigenvalue weighted by molar-refractivity contribution is 0.143. The van der Waals surface area contributed by atoms with Crippen LogP contribution in [0, 0.1) is 0 Å². The molecule has 170 valence electrons. The second-order valence-corrected chi connectivity index (χ2v) is 11.2. The number of aliphatic hydroxyl groups is 1. The Balaban J connectivity index is 1.24. The maximum absolute atomic E-state index is 12.8. The van der Waals surface area contributed by atoms with Gasteiger partial charge in [-0.15, -0.1) is 0 Å². The average Bonchev–Trinajstić information content (AvgIpc) is 2.77. The Hall–Kier alpha value is -2.13. The molecule has 6 rings (SSSR count). The first-order valence-electron chi connectivity index (χ1n) is 11.9. The molecule has 8 nitrogen and oxygen atoms in total. The van der Waals surface area contributed by atoms with Gasteiger partial charge in [-0.2, -0.15) is 4.98 Å². The fourth-order valence-electron chi connectivity index (χ4n) is 5.26. The first-order valence-corrected chi connectivity index (χ1v) is 13.2. The standard InChI is InChI=1S/C23H30N6O2S/c30-14-23(8-2-9-23)28-21-19-18(3-1-12-32(19)31)26-22(27-21)29-10-6-15(7-11-29)20-24-13-16-4-5-17(16)25-20/h13,15,30H,1-12,14H2,(H,26,27,28)/t32-/m1/s1. The number of rotatable bonds is 5. The summed E-state index contributed by atoms with van der Waals surface area (Å²) in [5.41, 5.74) is 3.11. The third kappa shape index (κ3) is 3.50. The molecule has 1 saturated carbocycles. The largest absolute Gasteiger partial charge is 0.394 e. The lowest BCUT2D eigenvalue weighted by atomic mass is 9.77. The van der Waals surface area contributed by atoms with E-state index in [2.05, 4.69) is 15.2 Å². The van der Waals surface area contributed by atoms with Gasteiger partial charge in [0.1, 0.15) is 16.5 Å². The van der Waals surface area contributed by atoms with Crippen molar-refractivity contribution in [1.29, 1.82) is 0 Å². The molecule has 32 heavy (non-hydrogen) atoms. The molecule has 4 heterocycles. The maximum atomic E-state index is 12.8. The highest BCUT2D eigenvalue weighted by molar-refractivity contribution is 7.85. The summed E-state index contributed by atoms with van der Waals surface area (Å²) in [4.78, 5) is 22.2. The van der Waals surface area contributed by atoms with Crippen molar-refractivity contribution in [3.8, 4) is 0 Å². The van der Waals surface area contributed by atoms with E-state index in [0.29, 0.717) is 23.4 Å². The van der Waals surface area contributed by atoms with E-state index >= 15 is 0 Å². The molecule has 4 aliphatic rings. The molecule has 2 fully saturated rings. The maximum Gasteiger partial charge on any atom is 0.227 e. The van der Waals surface area contributed by atoms with Crippen molar-refractivity contribution in [2.45, 2.75) is 74.1 Å². The Labute approximate surface area is 190 Å². The van der Waals surface area contributed by atoms with Gasteiger partial charge < -0.3 is 15.3 Å². The zero-order chi connectivity index (χ0) is 21.7. The summed E-state index contributed by atoms with van der Waals surface area (Å²) >= 11 is 0. The van der Waals surface area contributed by atoms with Gasteiger partial charge in [0.25, 0.3) is 0 Å². The van der Waals surface area contributed by atoms with Crippen LogP contribution in [0.15, 0.2) is 11.1 Å². The molecule has 1 saturated heterocycles. The minimum absolute atomic E-state index is 0.0694. The molecule has 9 heteroatoms. The molecular formula is C23H30N6O2S. The van der Waals surface area contributed by atoms with E-state index in [9.17, 15) is 9.32 Å². The Morgan fingerprint density at radius 2 is 1.94 bits per heavy atom. The first-order chi connectivity index (χ1) is 15.6. The van der Waals surface area contributed by atoms with Crippen molar-refractivity contribution in [3.63, 3.8) is 0 Å². The highest BCUT2D eigenvalue weighted by atomic mass is 32.2. The number of nitrogens with zero attached hydrogens (tertiary/aromatic N) is 5. The van der Waals surface area contributed by atoms with Crippen molar-refractivity contribution in [1.82, 2.24) is 19.9 Å². The summed E-state index contributed by atoms with van der Waals surface area (Å²) in [6.07, 6.45) is 10.8. The van der Waals surface area contributed by atoms with Crippen molar-refractivity contribution in [3.05, 3.63) is 29.0 Å². The second-order valence-electron chi connectivity index (χ2n) is 9.68. The number of hydrogen-bond donors (Lipinski definition) is 2. The van der Waals surface area contributed by atoms with Crippen LogP contribution in [0.3, 0.4) is 0 Å². The molecule has 2 aliphatic heterocycles. The molecule has 1 atom stereocenters. The lowest BCUT2D eigenvalue weighted by Gasteiger charge is -2.42. The molecule has 2 aromatic heterocycles. The van der Waals surface area contributed by atoms with Crippen LogP contribution >= 0.6 is 0 Å². The summed E-state index contributed by atoms with van der Waals surface area (Å²) in [5, 5.41) is 13.5. The smallest absolute Gasteiger partial charge is 0.227 e. The molecule has 0 spiro atoms. The van der Waals surface area contributed by atoms with Crippen molar-refractivity contribution in [2.75, 3.05) is 35.7 Å². The summed E-state index contributed by atoms with van der Waals surface area (Å²) in [6, 6.07) is 0. The Morgan fingerprint density at radius 3 is 2.59 bits per heavy atom. The van der Waals surface area contributed by atoms with Crippen LogP contribution in [-0.2, 0) is 30.1 Å².